The molecule has 0 aliphatic heterocycles. The predicted molar refractivity (Wildman–Crippen MR) is 103 cm³/mol. The van der Waals surface area contributed by atoms with Crippen LogP contribution in [0.3, 0.4) is 0 Å². The van der Waals surface area contributed by atoms with Gasteiger partial charge in [0, 0.05) is 6.54 Å². The third-order valence-corrected chi connectivity index (χ3v) is 3.94. The average molecular weight is 343 g/mol. The van der Waals surface area contributed by atoms with Crippen LogP contribution in [0.1, 0.15) is 5.56 Å². The van der Waals surface area contributed by atoms with Crippen LogP contribution in [0.15, 0.2) is 77.7 Å². The molecule has 2 heterocycles. The number of benzene rings is 2. The highest BCUT2D eigenvalue weighted by Gasteiger charge is 2.10. The Bertz CT molecular complexity index is 1100. The first-order valence-corrected chi connectivity index (χ1v) is 8.30. The molecule has 0 bridgehead atoms. The molecule has 0 spiro atoms. The van der Waals surface area contributed by atoms with Crippen molar-refractivity contribution in [2.75, 3.05) is 11.9 Å². The van der Waals surface area contributed by atoms with Gasteiger partial charge >= 0.3 is 0 Å². The van der Waals surface area contributed by atoms with E-state index in [1.54, 1.807) is 4.68 Å². The van der Waals surface area contributed by atoms with Gasteiger partial charge in [0.2, 0.25) is 5.95 Å². The zero-order valence-electron chi connectivity index (χ0n) is 14.0. The number of fused-ring (bicyclic) bond motifs is 1. The van der Waals surface area contributed by atoms with E-state index in [-0.39, 0.29) is 5.56 Å². The molecule has 0 unspecified atom stereocenters. The van der Waals surface area contributed by atoms with Gasteiger partial charge in [-0.25, -0.2) is 4.68 Å². The number of anilines is 1. The summed E-state index contributed by atoms with van der Waals surface area (Å²) in [6, 6.07) is 19.6. The van der Waals surface area contributed by atoms with E-state index >= 15 is 0 Å². The smallest absolute Gasteiger partial charge is 0.263 e. The van der Waals surface area contributed by atoms with Crippen LogP contribution in [0.2, 0.25) is 0 Å². The molecule has 0 aliphatic carbocycles. The normalized spacial score (nSPS) is 11.2. The van der Waals surface area contributed by atoms with Gasteiger partial charge in [0.15, 0.2) is 5.65 Å². The quantitative estimate of drug-likeness (QED) is 0.583. The van der Waals surface area contributed by atoms with Crippen LogP contribution in [-0.4, -0.2) is 26.3 Å². The molecule has 6 heteroatoms. The average Bonchev–Trinajstić information content (AvgIpc) is 3.11. The second-order valence-electron chi connectivity index (χ2n) is 5.74. The highest BCUT2D eigenvalue weighted by atomic mass is 16.1. The molecule has 0 saturated heterocycles. The van der Waals surface area contributed by atoms with Gasteiger partial charge in [-0.15, -0.1) is 0 Å². The monoisotopic (exact) mass is 343 g/mol. The van der Waals surface area contributed by atoms with Crippen molar-refractivity contribution in [3.8, 4) is 5.69 Å². The Hall–Kier alpha value is -3.67. The number of hydrogen-bond donors (Lipinski definition) is 2. The Labute approximate surface area is 149 Å². The Morgan fingerprint density at radius 2 is 1.77 bits per heavy atom. The molecule has 4 aromatic rings. The molecule has 0 aliphatic rings. The molecule has 0 fully saturated rings. The highest BCUT2D eigenvalue weighted by Crippen LogP contribution is 2.14. The Kier molecular flexibility index (Phi) is 4.30. The SMILES string of the molecule is O=c1[nH]c(NC/C=C/c2ccccc2)nc2c1cnn2-c1ccccc1. The molecule has 4 rings (SSSR count). The zero-order valence-corrected chi connectivity index (χ0v) is 14.0. The zero-order chi connectivity index (χ0) is 17.8. The fourth-order valence-corrected chi connectivity index (χ4v) is 2.68. The first-order chi connectivity index (χ1) is 12.8. The van der Waals surface area contributed by atoms with Crippen LogP contribution >= 0.6 is 0 Å². The molecular weight excluding hydrogens is 326 g/mol. The molecule has 0 atom stereocenters. The summed E-state index contributed by atoms with van der Waals surface area (Å²) in [7, 11) is 0. The second-order valence-corrected chi connectivity index (χ2v) is 5.74. The first-order valence-electron chi connectivity index (χ1n) is 8.30. The number of aromatic nitrogens is 4. The summed E-state index contributed by atoms with van der Waals surface area (Å²) >= 11 is 0. The molecule has 26 heavy (non-hydrogen) atoms. The summed E-state index contributed by atoms with van der Waals surface area (Å²) < 4.78 is 1.66. The van der Waals surface area contributed by atoms with Crippen molar-refractivity contribution in [2.45, 2.75) is 0 Å². The summed E-state index contributed by atoms with van der Waals surface area (Å²) in [4.78, 5) is 19.6. The minimum Gasteiger partial charge on any atom is -0.352 e. The number of nitrogens with one attached hydrogen (secondary N) is 2. The van der Waals surface area contributed by atoms with Gasteiger partial charge in [-0.2, -0.15) is 10.1 Å². The van der Waals surface area contributed by atoms with Crippen molar-refractivity contribution in [1.82, 2.24) is 19.7 Å². The third-order valence-electron chi connectivity index (χ3n) is 3.94. The minimum absolute atomic E-state index is 0.216. The van der Waals surface area contributed by atoms with E-state index in [2.05, 4.69) is 20.4 Å². The van der Waals surface area contributed by atoms with Crippen LogP contribution in [0.4, 0.5) is 5.95 Å². The minimum atomic E-state index is -0.216. The molecule has 6 nitrogen and oxygen atoms in total. The topological polar surface area (TPSA) is 75.6 Å². The highest BCUT2D eigenvalue weighted by molar-refractivity contribution is 5.76. The van der Waals surface area contributed by atoms with Gasteiger partial charge in [0.05, 0.1) is 11.9 Å². The molecular formula is C20H17N5O. The molecule has 2 N–H and O–H groups in total. The van der Waals surface area contributed by atoms with E-state index in [1.165, 1.54) is 6.20 Å². The lowest BCUT2D eigenvalue weighted by Crippen LogP contribution is -2.13. The van der Waals surface area contributed by atoms with E-state index in [1.807, 2.05) is 72.8 Å². The molecule has 0 saturated carbocycles. The summed E-state index contributed by atoms with van der Waals surface area (Å²) in [5.74, 6) is 0.415. The van der Waals surface area contributed by atoms with Gasteiger partial charge in [0.25, 0.3) is 5.56 Å². The second kappa shape index (κ2) is 7.06. The fourth-order valence-electron chi connectivity index (χ4n) is 2.68. The van der Waals surface area contributed by atoms with Crippen LogP contribution in [-0.2, 0) is 0 Å². The standard InChI is InChI=1S/C20H17N5O/c26-19-17-14-22-25(16-11-5-2-6-12-16)18(17)23-20(24-19)21-13-7-10-15-8-3-1-4-9-15/h1-12,14H,13H2,(H2,21,23,24,26)/b10-7+. The molecule has 2 aromatic heterocycles. The number of aromatic amines is 1. The number of H-pyrrole nitrogens is 1. The van der Waals surface area contributed by atoms with Crippen molar-refractivity contribution < 1.29 is 0 Å². The summed E-state index contributed by atoms with van der Waals surface area (Å²) in [6.07, 6.45) is 5.53. The predicted octanol–water partition coefficient (Wildman–Crippen LogP) is 3.23. The Morgan fingerprint density at radius 1 is 1.04 bits per heavy atom. The molecule has 128 valence electrons. The van der Waals surface area contributed by atoms with Crippen molar-refractivity contribution in [3.05, 3.63) is 88.9 Å². The molecule has 0 radical (unpaired) electrons. The largest absolute Gasteiger partial charge is 0.352 e. The summed E-state index contributed by atoms with van der Waals surface area (Å²) in [5, 5.41) is 7.88. The summed E-state index contributed by atoms with van der Waals surface area (Å²) in [5.41, 5.74) is 2.28. The number of para-hydroxylation sites is 1. The van der Waals surface area contributed by atoms with Crippen molar-refractivity contribution in [1.29, 1.82) is 0 Å². The van der Waals surface area contributed by atoms with Gasteiger partial charge in [-0.1, -0.05) is 60.7 Å². The van der Waals surface area contributed by atoms with Crippen LogP contribution in [0.5, 0.6) is 0 Å². The van der Waals surface area contributed by atoms with E-state index < -0.39 is 0 Å². The number of hydrogen-bond acceptors (Lipinski definition) is 4. The van der Waals surface area contributed by atoms with Gasteiger partial charge < -0.3 is 5.32 Å². The maximum absolute atomic E-state index is 12.3. The maximum atomic E-state index is 12.3. The fraction of sp³-hybridized carbons (Fsp3) is 0.0500. The maximum Gasteiger partial charge on any atom is 0.263 e. The lowest BCUT2D eigenvalue weighted by atomic mass is 10.2. The van der Waals surface area contributed by atoms with Gasteiger partial charge in [-0.05, 0) is 17.7 Å². The van der Waals surface area contributed by atoms with Gasteiger partial charge in [-0.3, -0.25) is 9.78 Å². The number of rotatable bonds is 5. The lowest BCUT2D eigenvalue weighted by molar-refractivity contribution is 0.895. The lowest BCUT2D eigenvalue weighted by Gasteiger charge is -2.05. The molecule has 2 aromatic carbocycles. The van der Waals surface area contributed by atoms with Crippen LogP contribution < -0.4 is 10.9 Å². The van der Waals surface area contributed by atoms with E-state index in [0.717, 1.165) is 11.3 Å². The van der Waals surface area contributed by atoms with E-state index in [9.17, 15) is 4.79 Å². The van der Waals surface area contributed by atoms with Crippen molar-refractivity contribution in [2.24, 2.45) is 0 Å². The Balaban J connectivity index is 1.58. The third kappa shape index (κ3) is 3.25. The first kappa shape index (κ1) is 15.8. The van der Waals surface area contributed by atoms with E-state index in [4.69, 9.17) is 0 Å². The van der Waals surface area contributed by atoms with Gasteiger partial charge in [0.1, 0.15) is 5.39 Å². The molecule has 0 amide bonds. The van der Waals surface area contributed by atoms with Crippen molar-refractivity contribution >= 4 is 23.1 Å². The Morgan fingerprint density at radius 3 is 2.54 bits per heavy atom. The number of nitrogens with zero attached hydrogens (tertiary/aromatic N) is 3. The van der Waals surface area contributed by atoms with Crippen LogP contribution in [0.25, 0.3) is 22.8 Å². The van der Waals surface area contributed by atoms with Crippen molar-refractivity contribution in [3.63, 3.8) is 0 Å². The van der Waals surface area contributed by atoms with E-state index in [0.29, 0.717) is 23.5 Å². The van der Waals surface area contributed by atoms with Crippen LogP contribution in [0, 0.1) is 0 Å². The summed E-state index contributed by atoms with van der Waals surface area (Å²) in [6.45, 7) is 0.544.